The van der Waals surface area contributed by atoms with E-state index in [1.54, 1.807) is 0 Å². The lowest BCUT2D eigenvalue weighted by Gasteiger charge is -2.26. The zero-order valence-corrected chi connectivity index (χ0v) is 32.7. The van der Waals surface area contributed by atoms with Crippen molar-refractivity contribution in [2.45, 2.75) is 19.3 Å². The highest BCUT2D eigenvalue weighted by molar-refractivity contribution is 6.26. The number of rotatable bonds is 6. The Kier molecular flexibility index (Phi) is 7.91. The number of fused-ring (bicyclic) bond motifs is 9. The van der Waals surface area contributed by atoms with Crippen LogP contribution in [0.15, 0.2) is 212 Å². The van der Waals surface area contributed by atoms with E-state index in [1.165, 1.54) is 88.0 Å². The summed E-state index contributed by atoms with van der Waals surface area (Å²) in [5.41, 5.74) is 16.0. The molecule has 0 spiro atoms. The summed E-state index contributed by atoms with van der Waals surface area (Å²) in [6.07, 6.45) is 0. The Morgan fingerprint density at radius 1 is 0.276 bits per heavy atom. The van der Waals surface area contributed by atoms with Crippen molar-refractivity contribution >= 4 is 49.4 Å². The van der Waals surface area contributed by atoms with Crippen LogP contribution in [0.2, 0.25) is 0 Å². The Morgan fingerprint density at radius 3 is 1.09 bits per heavy atom. The van der Waals surface area contributed by atoms with Gasteiger partial charge in [0.2, 0.25) is 0 Å². The summed E-state index contributed by atoms with van der Waals surface area (Å²) in [6.45, 7) is 4.77. The third-order valence-corrected chi connectivity index (χ3v) is 12.5. The standard InChI is InChI=1S/C57H41N/c1-57(2)55-34-27-43(35-53(55)54-36-51-49-19-11-9-17-47(49)48-18-10-12-20-50(48)52(51)37-56(54)57)42-25-32-46(33-26-42)58(44-28-21-40(22-29-44)38-13-5-3-6-14-38)45-30-23-41(24-31-45)39-15-7-4-8-16-39/h3-37H,1-2H3. The minimum absolute atomic E-state index is 0.111. The second kappa shape index (κ2) is 13.5. The van der Waals surface area contributed by atoms with Crippen LogP contribution < -0.4 is 4.90 Å². The molecule has 0 aliphatic heterocycles. The van der Waals surface area contributed by atoms with E-state index >= 15 is 0 Å². The predicted molar refractivity (Wildman–Crippen MR) is 248 cm³/mol. The molecule has 10 aromatic rings. The summed E-state index contributed by atoms with van der Waals surface area (Å²) in [6, 6.07) is 77.9. The topological polar surface area (TPSA) is 3.24 Å². The Bertz CT molecular complexity index is 3060. The number of benzene rings is 10. The molecule has 0 bridgehead atoms. The minimum Gasteiger partial charge on any atom is -0.311 e. The molecule has 0 fully saturated rings. The zero-order valence-electron chi connectivity index (χ0n) is 32.7. The molecule has 0 aromatic heterocycles. The van der Waals surface area contributed by atoms with Crippen LogP contribution in [0.1, 0.15) is 25.0 Å². The van der Waals surface area contributed by atoms with E-state index in [9.17, 15) is 0 Å². The van der Waals surface area contributed by atoms with Gasteiger partial charge in [0.15, 0.2) is 0 Å². The Balaban J connectivity index is 0.990. The van der Waals surface area contributed by atoms with E-state index in [-0.39, 0.29) is 5.41 Å². The van der Waals surface area contributed by atoms with Gasteiger partial charge in [0.05, 0.1) is 0 Å². The Morgan fingerprint density at radius 2 is 0.621 bits per heavy atom. The molecule has 1 heteroatoms. The van der Waals surface area contributed by atoms with Crippen LogP contribution in [0.3, 0.4) is 0 Å². The van der Waals surface area contributed by atoms with E-state index in [0.29, 0.717) is 0 Å². The third-order valence-electron chi connectivity index (χ3n) is 12.5. The second-order valence-electron chi connectivity index (χ2n) is 16.1. The van der Waals surface area contributed by atoms with Crippen molar-refractivity contribution < 1.29 is 0 Å². The quantitative estimate of drug-likeness (QED) is 0.154. The molecule has 1 nitrogen and oxygen atoms in total. The molecule has 10 aromatic carbocycles. The summed E-state index contributed by atoms with van der Waals surface area (Å²) in [4.78, 5) is 2.36. The molecule has 11 rings (SSSR count). The summed E-state index contributed by atoms with van der Waals surface area (Å²) < 4.78 is 0. The fourth-order valence-electron chi connectivity index (χ4n) is 9.44. The minimum atomic E-state index is -0.111. The first-order valence-corrected chi connectivity index (χ1v) is 20.3. The highest BCUT2D eigenvalue weighted by atomic mass is 15.1. The van der Waals surface area contributed by atoms with Gasteiger partial charge in [0, 0.05) is 22.5 Å². The van der Waals surface area contributed by atoms with Crippen LogP contribution >= 0.6 is 0 Å². The van der Waals surface area contributed by atoms with E-state index in [1.807, 2.05) is 0 Å². The number of hydrogen-bond donors (Lipinski definition) is 0. The average Bonchev–Trinajstić information content (AvgIpc) is 3.51. The molecule has 0 N–H and O–H groups in total. The number of hydrogen-bond acceptors (Lipinski definition) is 1. The van der Waals surface area contributed by atoms with Gasteiger partial charge in [-0.2, -0.15) is 0 Å². The van der Waals surface area contributed by atoms with Crippen molar-refractivity contribution in [3.8, 4) is 44.5 Å². The summed E-state index contributed by atoms with van der Waals surface area (Å²) in [5, 5.41) is 7.91. The summed E-state index contributed by atoms with van der Waals surface area (Å²) in [7, 11) is 0. The Labute approximate surface area is 340 Å². The number of anilines is 3. The normalized spacial score (nSPS) is 12.8. The van der Waals surface area contributed by atoms with E-state index in [0.717, 1.165) is 17.1 Å². The fourth-order valence-corrected chi connectivity index (χ4v) is 9.44. The van der Waals surface area contributed by atoms with Crippen LogP contribution in [0, 0.1) is 0 Å². The van der Waals surface area contributed by atoms with Gasteiger partial charge in [-0.05, 0) is 143 Å². The molecular weight excluding hydrogens is 699 g/mol. The molecule has 274 valence electrons. The van der Waals surface area contributed by atoms with E-state index in [4.69, 9.17) is 0 Å². The fraction of sp³-hybridized carbons (Fsp3) is 0.0526. The first-order valence-electron chi connectivity index (χ1n) is 20.3. The van der Waals surface area contributed by atoms with Crippen LogP contribution in [-0.4, -0.2) is 0 Å². The maximum absolute atomic E-state index is 2.49. The van der Waals surface area contributed by atoms with E-state index < -0.39 is 0 Å². The summed E-state index contributed by atoms with van der Waals surface area (Å²) in [5.74, 6) is 0. The van der Waals surface area contributed by atoms with Crippen molar-refractivity contribution in [2.24, 2.45) is 0 Å². The van der Waals surface area contributed by atoms with Crippen molar-refractivity contribution in [3.63, 3.8) is 0 Å². The van der Waals surface area contributed by atoms with Gasteiger partial charge in [0.25, 0.3) is 0 Å². The lowest BCUT2D eigenvalue weighted by atomic mass is 9.81. The highest BCUT2D eigenvalue weighted by Gasteiger charge is 2.36. The average molecular weight is 740 g/mol. The Hall–Kier alpha value is -7.22. The highest BCUT2D eigenvalue weighted by Crippen LogP contribution is 2.52. The second-order valence-corrected chi connectivity index (χ2v) is 16.1. The van der Waals surface area contributed by atoms with Crippen molar-refractivity contribution in [2.75, 3.05) is 4.90 Å². The lowest BCUT2D eigenvalue weighted by Crippen LogP contribution is -2.14. The molecule has 0 heterocycles. The van der Waals surface area contributed by atoms with Crippen molar-refractivity contribution in [1.29, 1.82) is 0 Å². The molecule has 58 heavy (non-hydrogen) atoms. The largest absolute Gasteiger partial charge is 0.311 e. The maximum Gasteiger partial charge on any atom is 0.0462 e. The smallest absolute Gasteiger partial charge is 0.0462 e. The molecule has 0 unspecified atom stereocenters. The number of nitrogens with zero attached hydrogens (tertiary/aromatic N) is 1. The summed E-state index contributed by atoms with van der Waals surface area (Å²) >= 11 is 0. The lowest BCUT2D eigenvalue weighted by molar-refractivity contribution is 0.661. The van der Waals surface area contributed by atoms with Crippen LogP contribution in [-0.2, 0) is 5.41 Å². The van der Waals surface area contributed by atoms with Gasteiger partial charge in [-0.25, -0.2) is 0 Å². The van der Waals surface area contributed by atoms with Crippen LogP contribution in [0.4, 0.5) is 17.1 Å². The first kappa shape index (κ1) is 34.1. The monoisotopic (exact) mass is 739 g/mol. The maximum atomic E-state index is 2.49. The third kappa shape index (κ3) is 5.54. The van der Waals surface area contributed by atoms with Gasteiger partial charge in [-0.15, -0.1) is 0 Å². The molecule has 0 radical (unpaired) electrons. The van der Waals surface area contributed by atoms with Gasteiger partial charge in [-0.1, -0.05) is 172 Å². The molecular formula is C57H41N. The van der Waals surface area contributed by atoms with Crippen molar-refractivity contribution in [3.05, 3.63) is 223 Å². The van der Waals surface area contributed by atoms with Gasteiger partial charge >= 0.3 is 0 Å². The van der Waals surface area contributed by atoms with E-state index in [2.05, 4.69) is 231 Å². The molecule has 0 saturated carbocycles. The molecule has 1 aliphatic rings. The van der Waals surface area contributed by atoms with Crippen LogP contribution in [0.25, 0.3) is 76.8 Å². The van der Waals surface area contributed by atoms with Gasteiger partial charge < -0.3 is 4.90 Å². The van der Waals surface area contributed by atoms with Crippen molar-refractivity contribution in [1.82, 2.24) is 0 Å². The molecule has 0 saturated heterocycles. The molecule has 0 atom stereocenters. The molecule has 0 amide bonds. The van der Waals surface area contributed by atoms with Gasteiger partial charge in [-0.3, -0.25) is 0 Å². The molecule has 1 aliphatic carbocycles. The predicted octanol–water partition coefficient (Wildman–Crippen LogP) is 15.9. The van der Waals surface area contributed by atoms with Crippen LogP contribution in [0.5, 0.6) is 0 Å². The first-order chi connectivity index (χ1) is 28.5. The SMILES string of the molecule is CC1(C)c2ccc(-c3ccc(N(c4ccc(-c5ccccc5)cc4)c4ccc(-c5ccccc5)cc4)cc3)cc2-c2cc3c4ccccc4c4ccccc4c3cc21. The zero-order chi connectivity index (χ0) is 38.8. The van der Waals surface area contributed by atoms with Gasteiger partial charge in [0.1, 0.15) is 0 Å².